The minimum absolute atomic E-state index is 0.0935. The number of carbonyl (C=O) groups is 2. The maximum Gasteiger partial charge on any atom is 0.266 e. The molecule has 0 atom stereocenters. The number of amides is 2. The second kappa shape index (κ2) is 7.85. The predicted molar refractivity (Wildman–Crippen MR) is 111 cm³/mol. The van der Waals surface area contributed by atoms with Gasteiger partial charge >= 0.3 is 0 Å². The first-order valence-corrected chi connectivity index (χ1v) is 9.34. The highest BCUT2D eigenvalue weighted by molar-refractivity contribution is 8.26. The summed E-state index contributed by atoms with van der Waals surface area (Å²) in [6, 6.07) is 15.3. The van der Waals surface area contributed by atoms with Gasteiger partial charge in [0.15, 0.2) is 0 Å². The van der Waals surface area contributed by atoms with Gasteiger partial charge in [0.25, 0.3) is 5.91 Å². The normalized spacial score (nSPS) is 15.6. The zero-order chi connectivity index (χ0) is 18.7. The molecule has 0 bridgehead atoms. The van der Waals surface area contributed by atoms with Crippen LogP contribution in [0.25, 0.3) is 6.08 Å². The van der Waals surface area contributed by atoms with Crippen LogP contribution in [0.15, 0.2) is 53.4 Å². The van der Waals surface area contributed by atoms with Crippen LogP contribution >= 0.6 is 24.0 Å². The number of aryl methyl sites for hydroxylation is 2. The average Bonchev–Trinajstić information content (AvgIpc) is 2.86. The molecule has 1 heterocycles. The van der Waals surface area contributed by atoms with Crippen molar-refractivity contribution in [3.63, 3.8) is 0 Å². The first-order valence-electron chi connectivity index (χ1n) is 8.11. The number of thioether (sulfide) groups is 1. The highest BCUT2D eigenvalue weighted by atomic mass is 32.2. The molecular weight excluding hydrogens is 364 g/mol. The van der Waals surface area contributed by atoms with Gasteiger partial charge in [-0.15, -0.1) is 0 Å². The Labute approximate surface area is 162 Å². The van der Waals surface area contributed by atoms with E-state index in [0.717, 1.165) is 16.7 Å². The van der Waals surface area contributed by atoms with Crippen LogP contribution in [0, 0.1) is 13.8 Å². The Morgan fingerprint density at radius 3 is 2.58 bits per heavy atom. The molecule has 2 aromatic carbocycles. The van der Waals surface area contributed by atoms with Gasteiger partial charge in [-0.3, -0.25) is 14.5 Å². The lowest BCUT2D eigenvalue weighted by molar-refractivity contribution is -0.126. The van der Waals surface area contributed by atoms with Crippen LogP contribution in [-0.4, -0.2) is 27.6 Å². The van der Waals surface area contributed by atoms with Crippen molar-refractivity contribution < 1.29 is 9.59 Å². The molecule has 0 unspecified atom stereocenters. The van der Waals surface area contributed by atoms with Gasteiger partial charge in [0, 0.05) is 5.69 Å². The fourth-order valence-electron chi connectivity index (χ4n) is 2.50. The van der Waals surface area contributed by atoms with Crippen molar-refractivity contribution in [2.45, 2.75) is 13.8 Å². The van der Waals surface area contributed by atoms with E-state index in [0.29, 0.717) is 14.9 Å². The average molecular weight is 383 g/mol. The molecule has 0 aromatic heterocycles. The van der Waals surface area contributed by atoms with Crippen molar-refractivity contribution in [1.82, 2.24) is 4.90 Å². The lowest BCUT2D eigenvalue weighted by Crippen LogP contribution is -2.36. The molecule has 6 heteroatoms. The second-order valence-electron chi connectivity index (χ2n) is 6.03. The summed E-state index contributed by atoms with van der Waals surface area (Å²) < 4.78 is 0.396. The Bertz CT molecular complexity index is 907. The van der Waals surface area contributed by atoms with Crippen LogP contribution in [0.5, 0.6) is 0 Å². The first kappa shape index (κ1) is 18.4. The largest absolute Gasteiger partial charge is 0.325 e. The topological polar surface area (TPSA) is 49.4 Å². The molecule has 4 nitrogen and oxygen atoms in total. The third-order valence-electron chi connectivity index (χ3n) is 4.06. The van der Waals surface area contributed by atoms with Crippen LogP contribution in [0.1, 0.15) is 16.7 Å². The number of rotatable bonds is 4. The van der Waals surface area contributed by atoms with Crippen LogP contribution in [0.4, 0.5) is 5.69 Å². The van der Waals surface area contributed by atoms with E-state index in [2.05, 4.69) is 5.32 Å². The molecule has 0 radical (unpaired) electrons. The number of carbonyl (C=O) groups excluding carboxylic acids is 2. The van der Waals surface area contributed by atoms with Gasteiger partial charge in [0.1, 0.15) is 10.9 Å². The quantitative estimate of drug-likeness (QED) is 0.638. The molecule has 132 valence electrons. The number of nitrogens with zero attached hydrogens (tertiary/aromatic N) is 1. The monoisotopic (exact) mass is 382 g/mol. The Morgan fingerprint density at radius 2 is 1.88 bits per heavy atom. The van der Waals surface area contributed by atoms with E-state index >= 15 is 0 Å². The van der Waals surface area contributed by atoms with E-state index in [1.54, 1.807) is 6.08 Å². The highest BCUT2D eigenvalue weighted by Gasteiger charge is 2.33. The third-order valence-corrected chi connectivity index (χ3v) is 5.44. The lowest BCUT2D eigenvalue weighted by Gasteiger charge is -2.14. The van der Waals surface area contributed by atoms with Crippen molar-refractivity contribution in [2.24, 2.45) is 0 Å². The summed E-state index contributed by atoms with van der Waals surface area (Å²) in [6.45, 7) is 3.91. The lowest BCUT2D eigenvalue weighted by atomic mass is 10.1. The van der Waals surface area contributed by atoms with E-state index < -0.39 is 0 Å². The minimum atomic E-state index is -0.273. The smallest absolute Gasteiger partial charge is 0.266 e. The van der Waals surface area contributed by atoms with Crippen molar-refractivity contribution in [2.75, 3.05) is 11.9 Å². The first-order chi connectivity index (χ1) is 12.4. The predicted octanol–water partition coefficient (Wildman–Crippen LogP) is 4.14. The summed E-state index contributed by atoms with van der Waals surface area (Å²) >= 11 is 6.50. The molecule has 1 aliphatic rings. The molecule has 1 saturated heterocycles. The summed E-state index contributed by atoms with van der Waals surface area (Å²) in [6.07, 6.45) is 1.79. The van der Waals surface area contributed by atoms with Crippen molar-refractivity contribution in [1.29, 1.82) is 0 Å². The highest BCUT2D eigenvalue weighted by Crippen LogP contribution is 2.32. The van der Waals surface area contributed by atoms with Gasteiger partial charge < -0.3 is 5.32 Å². The number of hydrogen-bond donors (Lipinski definition) is 1. The van der Waals surface area contributed by atoms with Crippen LogP contribution < -0.4 is 5.32 Å². The van der Waals surface area contributed by atoms with E-state index in [9.17, 15) is 9.59 Å². The summed E-state index contributed by atoms with van der Waals surface area (Å²) in [5.41, 5.74) is 3.89. The second-order valence-corrected chi connectivity index (χ2v) is 7.70. The summed E-state index contributed by atoms with van der Waals surface area (Å²) in [5.74, 6) is -0.510. The number of thiocarbonyl (C=S) groups is 1. The summed E-state index contributed by atoms with van der Waals surface area (Å²) in [4.78, 5) is 26.8. The third kappa shape index (κ3) is 4.20. The van der Waals surface area contributed by atoms with Crippen molar-refractivity contribution >= 4 is 51.9 Å². The van der Waals surface area contributed by atoms with Crippen LogP contribution in [0.3, 0.4) is 0 Å². The summed E-state index contributed by atoms with van der Waals surface area (Å²) in [5, 5.41) is 2.82. The SMILES string of the molecule is Cc1ccc(NC(=O)CN2C(=O)/C(=C/c3ccccc3)SC2=S)cc1C. The Hall–Kier alpha value is -2.44. The molecule has 1 fully saturated rings. The van der Waals surface area contributed by atoms with Gasteiger partial charge in [0.2, 0.25) is 5.91 Å². The van der Waals surface area contributed by atoms with E-state index in [1.807, 2.05) is 62.4 Å². The van der Waals surface area contributed by atoms with Crippen LogP contribution in [0.2, 0.25) is 0 Å². The van der Waals surface area contributed by atoms with Crippen molar-refractivity contribution in [3.05, 3.63) is 70.1 Å². The molecule has 2 aromatic rings. The minimum Gasteiger partial charge on any atom is -0.325 e. The zero-order valence-corrected chi connectivity index (χ0v) is 16.1. The molecule has 0 spiro atoms. The molecule has 0 saturated carbocycles. The fraction of sp³-hybridized carbons (Fsp3) is 0.150. The standard InChI is InChI=1S/C20H18N2O2S2/c1-13-8-9-16(10-14(13)2)21-18(23)12-22-19(24)17(26-20(22)25)11-15-6-4-3-5-7-15/h3-11H,12H2,1-2H3,(H,21,23)/b17-11-. The maximum absolute atomic E-state index is 12.6. The molecule has 26 heavy (non-hydrogen) atoms. The molecule has 2 amide bonds. The Balaban J connectivity index is 1.68. The molecular formula is C20H18N2O2S2. The molecule has 0 aliphatic carbocycles. The number of benzene rings is 2. The van der Waals surface area contributed by atoms with Crippen molar-refractivity contribution in [3.8, 4) is 0 Å². The van der Waals surface area contributed by atoms with Gasteiger partial charge in [-0.1, -0.05) is 60.4 Å². The number of hydrogen-bond acceptors (Lipinski definition) is 4. The van der Waals surface area contributed by atoms with Gasteiger partial charge in [0.05, 0.1) is 4.91 Å². The maximum atomic E-state index is 12.6. The summed E-state index contributed by atoms with van der Waals surface area (Å²) in [7, 11) is 0. The molecule has 3 rings (SSSR count). The van der Waals surface area contributed by atoms with Gasteiger partial charge in [-0.05, 0) is 48.7 Å². The Morgan fingerprint density at radius 1 is 1.15 bits per heavy atom. The van der Waals surface area contributed by atoms with E-state index in [1.165, 1.54) is 16.7 Å². The van der Waals surface area contributed by atoms with Crippen LogP contribution in [-0.2, 0) is 9.59 Å². The van der Waals surface area contributed by atoms with Gasteiger partial charge in [-0.2, -0.15) is 0 Å². The van der Waals surface area contributed by atoms with Gasteiger partial charge in [-0.25, -0.2) is 0 Å². The number of nitrogens with one attached hydrogen (secondary N) is 1. The molecule has 1 N–H and O–H groups in total. The Kier molecular flexibility index (Phi) is 5.54. The van der Waals surface area contributed by atoms with E-state index in [4.69, 9.17) is 12.2 Å². The zero-order valence-electron chi connectivity index (χ0n) is 14.5. The van der Waals surface area contributed by atoms with E-state index in [-0.39, 0.29) is 18.4 Å². The fourth-order valence-corrected chi connectivity index (χ4v) is 3.76. The molecule has 1 aliphatic heterocycles. The number of anilines is 1.